The van der Waals surface area contributed by atoms with E-state index in [2.05, 4.69) is 20.2 Å². The van der Waals surface area contributed by atoms with Gasteiger partial charge in [0.25, 0.3) is 0 Å². The minimum Gasteiger partial charge on any atom is -0.338 e. The molecule has 0 aliphatic carbocycles. The Balaban J connectivity index is 1.47. The largest absolute Gasteiger partial charge is 0.338 e. The van der Waals surface area contributed by atoms with Crippen molar-refractivity contribution in [1.29, 1.82) is 0 Å². The molecule has 1 aliphatic rings. The van der Waals surface area contributed by atoms with Gasteiger partial charge in [-0.2, -0.15) is 11.3 Å². The molecule has 100 valence electrons. The molecule has 1 atom stereocenters. The molecule has 2 amide bonds. The van der Waals surface area contributed by atoms with Gasteiger partial charge in [-0.15, -0.1) is 0 Å². The monoisotopic (exact) mass is 276 g/mol. The van der Waals surface area contributed by atoms with E-state index < -0.39 is 0 Å². The van der Waals surface area contributed by atoms with Gasteiger partial charge in [0.15, 0.2) is 0 Å². The van der Waals surface area contributed by atoms with Crippen LogP contribution in [0.15, 0.2) is 29.2 Å². The minimum absolute atomic E-state index is 0.132. The molecule has 0 saturated carbocycles. The lowest BCUT2D eigenvalue weighted by Gasteiger charge is -2.23. The highest BCUT2D eigenvalue weighted by atomic mass is 32.1. The van der Waals surface area contributed by atoms with Gasteiger partial charge in [0.2, 0.25) is 0 Å². The molecule has 0 saturated heterocycles. The van der Waals surface area contributed by atoms with Crippen LogP contribution < -0.4 is 10.6 Å². The highest BCUT2D eigenvalue weighted by Crippen LogP contribution is 2.18. The van der Waals surface area contributed by atoms with Gasteiger partial charge in [-0.1, -0.05) is 0 Å². The Hall–Kier alpha value is -1.82. The van der Waals surface area contributed by atoms with Gasteiger partial charge in [-0.3, -0.25) is 0 Å². The molecule has 0 fully saturated rings. The average Bonchev–Trinajstić information content (AvgIpc) is 3.06. The number of anilines is 1. The second-order valence-corrected chi connectivity index (χ2v) is 5.52. The van der Waals surface area contributed by atoms with Crippen molar-refractivity contribution in [2.75, 3.05) is 11.9 Å². The summed E-state index contributed by atoms with van der Waals surface area (Å²) in [6.45, 7) is 1.69. The second-order valence-electron chi connectivity index (χ2n) is 4.74. The predicted molar refractivity (Wildman–Crippen MR) is 75.4 cm³/mol. The molecular weight excluding hydrogens is 260 g/mol. The number of imidazole rings is 1. The molecular formula is C13H16N4OS. The van der Waals surface area contributed by atoms with Crippen LogP contribution in [-0.2, 0) is 13.0 Å². The highest BCUT2D eigenvalue weighted by Gasteiger charge is 2.19. The molecule has 3 rings (SSSR count). The number of aryl methyl sites for hydroxylation is 1. The molecule has 6 heteroatoms. The van der Waals surface area contributed by atoms with Gasteiger partial charge in [-0.25, -0.2) is 9.78 Å². The molecule has 5 nitrogen and oxygen atoms in total. The van der Waals surface area contributed by atoms with Gasteiger partial charge in [-0.05, 0) is 23.8 Å². The molecule has 2 aromatic heterocycles. The molecule has 0 radical (unpaired) electrons. The van der Waals surface area contributed by atoms with Crippen LogP contribution in [0.2, 0.25) is 0 Å². The smallest absolute Gasteiger partial charge is 0.319 e. The summed E-state index contributed by atoms with van der Waals surface area (Å²) in [5.74, 6) is 1.60. The third-order valence-electron chi connectivity index (χ3n) is 3.38. The van der Waals surface area contributed by atoms with Crippen LogP contribution >= 0.6 is 11.3 Å². The molecule has 0 spiro atoms. The predicted octanol–water partition coefficient (Wildman–Crippen LogP) is 2.33. The van der Waals surface area contributed by atoms with Crippen LogP contribution in [0, 0.1) is 5.92 Å². The van der Waals surface area contributed by atoms with E-state index in [1.807, 2.05) is 29.2 Å². The molecule has 3 heterocycles. The maximum Gasteiger partial charge on any atom is 0.319 e. The maximum atomic E-state index is 11.7. The first-order valence-electron chi connectivity index (χ1n) is 6.38. The summed E-state index contributed by atoms with van der Waals surface area (Å²) in [5, 5.41) is 9.60. The Bertz CT molecular complexity index is 549. The number of hydrogen-bond acceptors (Lipinski definition) is 3. The Morgan fingerprint density at radius 3 is 3.37 bits per heavy atom. The summed E-state index contributed by atoms with van der Waals surface area (Å²) in [7, 11) is 0. The fourth-order valence-corrected chi connectivity index (χ4v) is 2.93. The maximum absolute atomic E-state index is 11.7. The Labute approximate surface area is 115 Å². The van der Waals surface area contributed by atoms with E-state index in [1.165, 1.54) is 0 Å². The zero-order valence-corrected chi connectivity index (χ0v) is 11.3. The van der Waals surface area contributed by atoms with Crippen molar-refractivity contribution < 1.29 is 4.79 Å². The Kier molecular flexibility index (Phi) is 3.50. The first kappa shape index (κ1) is 12.2. The zero-order chi connectivity index (χ0) is 13.1. The first-order chi connectivity index (χ1) is 9.31. The van der Waals surface area contributed by atoms with Crippen molar-refractivity contribution >= 4 is 23.1 Å². The normalized spacial score (nSPS) is 17.8. The molecule has 0 aromatic carbocycles. The van der Waals surface area contributed by atoms with Crippen molar-refractivity contribution in [3.05, 3.63) is 35.0 Å². The topological polar surface area (TPSA) is 59.0 Å². The summed E-state index contributed by atoms with van der Waals surface area (Å²) < 4.78 is 2.18. The third kappa shape index (κ3) is 2.96. The first-order valence-corrected chi connectivity index (χ1v) is 7.32. The van der Waals surface area contributed by atoms with Gasteiger partial charge in [0.1, 0.15) is 5.82 Å². The summed E-state index contributed by atoms with van der Waals surface area (Å²) in [6, 6.07) is 1.76. The van der Waals surface area contributed by atoms with Crippen molar-refractivity contribution in [2.45, 2.75) is 19.4 Å². The SMILES string of the molecule is O=C(NCC1CCn2ccnc2C1)Nc1ccsc1. The second kappa shape index (κ2) is 5.44. The number of urea groups is 1. The van der Waals surface area contributed by atoms with Gasteiger partial charge in [0, 0.05) is 37.3 Å². The fraction of sp³-hybridized carbons (Fsp3) is 0.385. The molecule has 1 unspecified atom stereocenters. The van der Waals surface area contributed by atoms with E-state index in [-0.39, 0.29) is 6.03 Å². The van der Waals surface area contributed by atoms with E-state index in [0.29, 0.717) is 12.5 Å². The fourth-order valence-electron chi connectivity index (χ4n) is 2.34. The zero-order valence-electron chi connectivity index (χ0n) is 10.5. The number of amides is 2. The van der Waals surface area contributed by atoms with E-state index in [9.17, 15) is 4.79 Å². The standard InChI is InChI=1S/C13H16N4OS/c18-13(16-11-2-6-19-9-11)15-8-10-1-4-17-5-3-14-12(17)7-10/h2-3,5-6,9-10H,1,4,7-8H2,(H2,15,16,18). The number of nitrogens with zero attached hydrogens (tertiary/aromatic N) is 2. The van der Waals surface area contributed by atoms with Crippen LogP contribution in [0.25, 0.3) is 0 Å². The minimum atomic E-state index is -0.132. The number of nitrogens with one attached hydrogen (secondary N) is 2. The lowest BCUT2D eigenvalue weighted by atomic mass is 9.98. The molecule has 2 N–H and O–H groups in total. The van der Waals surface area contributed by atoms with Gasteiger partial charge in [0.05, 0.1) is 5.69 Å². The third-order valence-corrected chi connectivity index (χ3v) is 4.06. The Morgan fingerprint density at radius 1 is 1.58 bits per heavy atom. The lowest BCUT2D eigenvalue weighted by molar-refractivity contribution is 0.248. The molecule has 0 bridgehead atoms. The van der Waals surface area contributed by atoms with Crippen molar-refractivity contribution in [1.82, 2.24) is 14.9 Å². The van der Waals surface area contributed by atoms with E-state index >= 15 is 0 Å². The van der Waals surface area contributed by atoms with E-state index in [1.54, 1.807) is 11.3 Å². The molecule has 1 aliphatic heterocycles. The average molecular weight is 276 g/mol. The molecule has 19 heavy (non-hydrogen) atoms. The number of fused-ring (bicyclic) bond motifs is 1. The number of hydrogen-bond donors (Lipinski definition) is 2. The summed E-state index contributed by atoms with van der Waals surface area (Å²) in [5.41, 5.74) is 0.849. The lowest BCUT2D eigenvalue weighted by Crippen LogP contribution is -2.35. The number of carbonyl (C=O) groups is 1. The summed E-state index contributed by atoms with van der Waals surface area (Å²) >= 11 is 1.57. The summed E-state index contributed by atoms with van der Waals surface area (Å²) in [6.07, 6.45) is 5.88. The van der Waals surface area contributed by atoms with Crippen LogP contribution in [0.3, 0.4) is 0 Å². The van der Waals surface area contributed by atoms with Gasteiger partial charge < -0.3 is 15.2 Å². The van der Waals surface area contributed by atoms with Gasteiger partial charge >= 0.3 is 6.03 Å². The van der Waals surface area contributed by atoms with E-state index in [4.69, 9.17) is 0 Å². The van der Waals surface area contributed by atoms with Crippen LogP contribution in [-0.4, -0.2) is 22.1 Å². The van der Waals surface area contributed by atoms with Crippen LogP contribution in [0.1, 0.15) is 12.2 Å². The molecule has 2 aromatic rings. The number of rotatable bonds is 3. The van der Waals surface area contributed by atoms with E-state index in [0.717, 1.165) is 30.9 Å². The number of thiophene rings is 1. The Morgan fingerprint density at radius 2 is 2.53 bits per heavy atom. The quantitative estimate of drug-likeness (QED) is 0.904. The van der Waals surface area contributed by atoms with Crippen LogP contribution in [0.5, 0.6) is 0 Å². The summed E-state index contributed by atoms with van der Waals surface area (Å²) in [4.78, 5) is 16.0. The number of carbonyl (C=O) groups excluding carboxylic acids is 1. The highest BCUT2D eigenvalue weighted by molar-refractivity contribution is 7.08. The van der Waals surface area contributed by atoms with Crippen molar-refractivity contribution in [3.8, 4) is 0 Å². The van der Waals surface area contributed by atoms with Crippen molar-refractivity contribution in [3.63, 3.8) is 0 Å². The van der Waals surface area contributed by atoms with Crippen LogP contribution in [0.4, 0.5) is 10.5 Å². The number of aromatic nitrogens is 2. The van der Waals surface area contributed by atoms with Crippen molar-refractivity contribution in [2.24, 2.45) is 5.92 Å².